The van der Waals surface area contributed by atoms with Crippen LogP contribution in [-0.2, 0) is 26.6 Å². The topological polar surface area (TPSA) is 54.4 Å². The van der Waals surface area contributed by atoms with Crippen molar-refractivity contribution >= 4 is 0 Å². The van der Waals surface area contributed by atoms with Gasteiger partial charge < -0.3 is 14.1 Å². The zero-order valence-electron chi connectivity index (χ0n) is 11.3. The molecule has 0 spiro atoms. The monoisotopic (exact) mass is 261 g/mol. The van der Waals surface area contributed by atoms with Crippen LogP contribution in [0.25, 0.3) is 0 Å². The second kappa shape index (κ2) is 4.83. The van der Waals surface area contributed by atoms with Gasteiger partial charge in [-0.2, -0.15) is 0 Å². The van der Waals surface area contributed by atoms with Crippen LogP contribution >= 0.6 is 0 Å². The van der Waals surface area contributed by atoms with E-state index in [1.54, 1.807) is 0 Å². The van der Waals surface area contributed by atoms with Crippen LogP contribution in [-0.4, -0.2) is 32.2 Å². The minimum Gasteiger partial charge on any atom is -0.465 e. The number of rotatable bonds is 3. The lowest BCUT2D eigenvalue weighted by Crippen LogP contribution is -2.42. The maximum atomic E-state index is 9.60. The maximum absolute atomic E-state index is 9.60. The van der Waals surface area contributed by atoms with Gasteiger partial charge in [0.15, 0.2) is 0 Å². The Morgan fingerprint density at radius 2 is 2.32 bits per heavy atom. The average molecular weight is 261 g/mol. The predicted octanol–water partition coefficient (Wildman–Crippen LogP) is 1.24. The molecule has 0 saturated heterocycles. The highest BCUT2D eigenvalue weighted by Gasteiger charge is 2.28. The molecule has 3 rings (SSSR count). The molecule has 1 N–H and O–H groups in total. The van der Waals surface area contributed by atoms with Crippen molar-refractivity contribution < 1.29 is 9.52 Å². The summed E-state index contributed by atoms with van der Waals surface area (Å²) in [6, 6.07) is 4.10. The van der Waals surface area contributed by atoms with E-state index in [0.29, 0.717) is 0 Å². The normalized spacial score (nSPS) is 19.6. The van der Waals surface area contributed by atoms with E-state index in [2.05, 4.69) is 9.88 Å². The molecular weight excluding hydrogens is 242 g/mol. The summed E-state index contributed by atoms with van der Waals surface area (Å²) in [5.74, 6) is 1.86. The Morgan fingerprint density at radius 3 is 3.00 bits per heavy atom. The van der Waals surface area contributed by atoms with E-state index < -0.39 is 0 Å². The van der Waals surface area contributed by atoms with Crippen LogP contribution < -0.4 is 0 Å². The quantitative estimate of drug-likeness (QED) is 0.903. The third-order valence-electron chi connectivity index (χ3n) is 3.81. The van der Waals surface area contributed by atoms with Gasteiger partial charge >= 0.3 is 0 Å². The van der Waals surface area contributed by atoms with Crippen molar-refractivity contribution in [2.75, 3.05) is 6.61 Å². The molecule has 0 aromatic carbocycles. The first-order chi connectivity index (χ1) is 9.17. The van der Waals surface area contributed by atoms with Crippen LogP contribution in [0.5, 0.6) is 0 Å². The van der Waals surface area contributed by atoms with Crippen molar-refractivity contribution in [1.82, 2.24) is 14.5 Å². The first kappa shape index (κ1) is 12.4. The Labute approximate surface area is 112 Å². The molecule has 0 amide bonds. The number of hydrogen-bond acceptors (Lipinski definition) is 4. The molecule has 3 heterocycles. The molecule has 5 heteroatoms. The molecule has 2 aromatic heterocycles. The molecule has 102 valence electrons. The summed E-state index contributed by atoms with van der Waals surface area (Å²) in [4.78, 5) is 6.66. The van der Waals surface area contributed by atoms with E-state index in [-0.39, 0.29) is 12.6 Å². The lowest BCUT2D eigenvalue weighted by Gasteiger charge is -2.33. The molecule has 0 bridgehead atoms. The third-order valence-corrected chi connectivity index (χ3v) is 3.81. The van der Waals surface area contributed by atoms with Gasteiger partial charge in [-0.3, -0.25) is 4.90 Å². The van der Waals surface area contributed by atoms with Crippen LogP contribution in [0, 0.1) is 6.92 Å². The summed E-state index contributed by atoms with van der Waals surface area (Å²) in [6.07, 6.45) is 2.68. The minimum atomic E-state index is 0.133. The first-order valence-electron chi connectivity index (χ1n) is 6.56. The fourth-order valence-corrected chi connectivity index (χ4v) is 2.71. The SMILES string of the molecule is Cc1ccc(CN2Cc3ncn(C)c3C[C@H]2CO)o1. The fourth-order valence-electron chi connectivity index (χ4n) is 2.71. The van der Waals surface area contributed by atoms with Crippen molar-refractivity contribution in [1.29, 1.82) is 0 Å². The van der Waals surface area contributed by atoms with Crippen LogP contribution in [0.15, 0.2) is 22.9 Å². The van der Waals surface area contributed by atoms with Gasteiger partial charge in [0.05, 0.1) is 25.2 Å². The predicted molar refractivity (Wildman–Crippen MR) is 70.5 cm³/mol. The van der Waals surface area contributed by atoms with Crippen LogP contribution in [0.1, 0.15) is 22.9 Å². The number of aryl methyl sites for hydroxylation is 2. The molecule has 19 heavy (non-hydrogen) atoms. The lowest BCUT2D eigenvalue weighted by atomic mass is 10.0. The van der Waals surface area contributed by atoms with Crippen molar-refractivity contribution in [2.45, 2.75) is 32.5 Å². The van der Waals surface area contributed by atoms with Gasteiger partial charge in [-0.1, -0.05) is 0 Å². The summed E-state index contributed by atoms with van der Waals surface area (Å²) < 4.78 is 7.67. The molecule has 1 aliphatic heterocycles. The van der Waals surface area contributed by atoms with Gasteiger partial charge in [-0.15, -0.1) is 0 Å². The zero-order valence-corrected chi connectivity index (χ0v) is 11.3. The lowest BCUT2D eigenvalue weighted by molar-refractivity contribution is 0.0900. The average Bonchev–Trinajstić information content (AvgIpc) is 2.96. The Bertz CT molecular complexity index is 573. The minimum absolute atomic E-state index is 0.133. The molecule has 0 saturated carbocycles. The number of aliphatic hydroxyl groups excluding tert-OH is 1. The fraction of sp³-hybridized carbons (Fsp3) is 0.500. The first-order valence-corrected chi connectivity index (χ1v) is 6.56. The van der Waals surface area contributed by atoms with Gasteiger partial charge in [0.25, 0.3) is 0 Å². The Kier molecular flexibility index (Phi) is 3.16. The highest BCUT2D eigenvalue weighted by atomic mass is 16.3. The van der Waals surface area contributed by atoms with Crippen LogP contribution in [0.3, 0.4) is 0 Å². The molecule has 0 aliphatic carbocycles. The van der Waals surface area contributed by atoms with E-state index in [4.69, 9.17) is 4.42 Å². The number of aromatic nitrogens is 2. The summed E-state index contributed by atoms with van der Waals surface area (Å²) in [5.41, 5.74) is 2.33. The van der Waals surface area contributed by atoms with Crippen LogP contribution in [0.4, 0.5) is 0 Å². The summed E-state index contributed by atoms with van der Waals surface area (Å²) in [7, 11) is 2.01. The Balaban J connectivity index is 1.81. The number of nitrogens with zero attached hydrogens (tertiary/aromatic N) is 3. The highest BCUT2D eigenvalue weighted by Crippen LogP contribution is 2.24. The van der Waals surface area contributed by atoms with Gasteiger partial charge in [-0.25, -0.2) is 4.98 Å². The van der Waals surface area contributed by atoms with Crippen molar-refractivity contribution in [3.8, 4) is 0 Å². The summed E-state index contributed by atoms with van der Waals surface area (Å²) in [5, 5.41) is 9.60. The number of imidazole rings is 1. The molecule has 0 fully saturated rings. The second-order valence-corrected chi connectivity index (χ2v) is 5.21. The number of hydrogen-bond donors (Lipinski definition) is 1. The zero-order chi connectivity index (χ0) is 13.4. The van der Waals surface area contributed by atoms with Gasteiger partial charge in [0.1, 0.15) is 11.5 Å². The molecule has 1 aliphatic rings. The summed E-state index contributed by atoms with van der Waals surface area (Å²) in [6.45, 7) is 3.58. The number of aliphatic hydroxyl groups is 1. The largest absolute Gasteiger partial charge is 0.465 e. The van der Waals surface area contributed by atoms with Crippen molar-refractivity contribution in [2.24, 2.45) is 7.05 Å². The molecule has 2 aromatic rings. The van der Waals surface area contributed by atoms with E-state index in [0.717, 1.165) is 36.7 Å². The van der Waals surface area contributed by atoms with E-state index in [1.807, 2.05) is 37.0 Å². The van der Waals surface area contributed by atoms with Gasteiger partial charge in [0, 0.05) is 31.7 Å². The van der Waals surface area contributed by atoms with Gasteiger partial charge in [-0.05, 0) is 19.1 Å². The van der Waals surface area contributed by atoms with E-state index in [1.165, 1.54) is 5.69 Å². The van der Waals surface area contributed by atoms with E-state index in [9.17, 15) is 5.11 Å². The molecule has 0 radical (unpaired) electrons. The number of furan rings is 1. The Hall–Kier alpha value is -1.59. The summed E-state index contributed by atoms with van der Waals surface area (Å²) >= 11 is 0. The molecule has 5 nitrogen and oxygen atoms in total. The van der Waals surface area contributed by atoms with E-state index >= 15 is 0 Å². The van der Waals surface area contributed by atoms with Crippen molar-refractivity contribution in [3.05, 3.63) is 41.4 Å². The maximum Gasteiger partial charge on any atom is 0.118 e. The van der Waals surface area contributed by atoms with Crippen LogP contribution in [0.2, 0.25) is 0 Å². The van der Waals surface area contributed by atoms with Gasteiger partial charge in [0.2, 0.25) is 0 Å². The second-order valence-electron chi connectivity index (χ2n) is 5.21. The third kappa shape index (κ3) is 2.31. The van der Waals surface area contributed by atoms with Crippen molar-refractivity contribution in [3.63, 3.8) is 0 Å². The highest BCUT2D eigenvalue weighted by molar-refractivity contribution is 5.18. The Morgan fingerprint density at radius 1 is 1.47 bits per heavy atom. The number of fused-ring (bicyclic) bond motifs is 1. The molecule has 0 unspecified atom stereocenters. The smallest absolute Gasteiger partial charge is 0.118 e. The standard InChI is InChI=1S/C14H19N3O2/c1-10-3-4-12(19-10)6-17-7-13-14(5-11(17)8-18)16(2)9-15-13/h3-4,9,11,18H,5-8H2,1-2H3/t11-/m0/s1. The molecule has 1 atom stereocenters. The molecular formula is C14H19N3O2.